The van der Waals surface area contributed by atoms with Gasteiger partial charge in [0.05, 0.1) is 6.54 Å². The van der Waals surface area contributed by atoms with Gasteiger partial charge in [-0.05, 0) is 24.7 Å². The molecule has 0 amide bonds. The fraction of sp³-hybridized carbons (Fsp3) is 0.500. The van der Waals surface area contributed by atoms with E-state index in [1.807, 2.05) is 19.2 Å². The van der Waals surface area contributed by atoms with Crippen LogP contribution in [0.1, 0.15) is 5.56 Å². The van der Waals surface area contributed by atoms with Crippen molar-refractivity contribution in [2.45, 2.75) is 6.54 Å². The van der Waals surface area contributed by atoms with E-state index >= 15 is 0 Å². The summed E-state index contributed by atoms with van der Waals surface area (Å²) >= 11 is 0. The number of halogens is 2. The maximum Gasteiger partial charge on any atom is 0.193 e. The van der Waals surface area contributed by atoms with Gasteiger partial charge in [0.15, 0.2) is 5.96 Å². The smallest absolute Gasteiger partial charge is 0.193 e. The molecule has 1 aliphatic rings. The predicted octanol–water partition coefficient (Wildman–Crippen LogP) is 1.77. The van der Waals surface area contributed by atoms with Crippen LogP contribution in [0, 0.1) is 5.82 Å². The van der Waals surface area contributed by atoms with Gasteiger partial charge < -0.3 is 15.1 Å². The minimum Gasteiger partial charge on any atom is -0.355 e. The second-order valence-corrected chi connectivity index (χ2v) is 4.92. The molecule has 0 saturated carbocycles. The van der Waals surface area contributed by atoms with Crippen molar-refractivity contribution in [3.05, 3.63) is 35.6 Å². The quantitative estimate of drug-likeness (QED) is 0.776. The Labute approximate surface area is 137 Å². The fourth-order valence-corrected chi connectivity index (χ4v) is 2.06. The van der Waals surface area contributed by atoms with Crippen LogP contribution >= 0.6 is 24.0 Å². The van der Waals surface area contributed by atoms with Crippen molar-refractivity contribution in [1.82, 2.24) is 15.1 Å². The molecule has 0 saturated heterocycles. The first-order valence-electron chi connectivity index (χ1n) is 6.57. The highest BCUT2D eigenvalue weighted by molar-refractivity contribution is 14.0. The minimum atomic E-state index is -0.185. The predicted molar refractivity (Wildman–Crippen MR) is 91.1 cm³/mol. The number of hydrogen-bond acceptors (Lipinski definition) is 4. The molecule has 20 heavy (non-hydrogen) atoms. The Balaban J connectivity index is 0.00000200. The third-order valence-electron chi connectivity index (χ3n) is 3.20. The van der Waals surface area contributed by atoms with Gasteiger partial charge in [0.25, 0.3) is 0 Å². The zero-order chi connectivity index (χ0) is 13.7. The molecule has 0 spiro atoms. The molecular weight excluding hydrogens is 370 g/mol. The molecule has 0 aromatic heterocycles. The lowest BCUT2D eigenvalue weighted by Gasteiger charge is -2.19. The van der Waals surface area contributed by atoms with Gasteiger partial charge in [0.1, 0.15) is 5.82 Å². The number of nitrogens with one attached hydrogen (secondary N) is 1. The van der Waals surface area contributed by atoms with E-state index in [-0.39, 0.29) is 29.8 Å². The lowest BCUT2D eigenvalue weighted by Crippen LogP contribution is -2.39. The molecule has 0 bridgehead atoms. The molecule has 0 fully saturated rings. The number of benzene rings is 1. The Morgan fingerprint density at radius 2 is 2.05 bits per heavy atom. The van der Waals surface area contributed by atoms with Gasteiger partial charge in [-0.2, -0.15) is 0 Å². The average Bonchev–Trinajstić information content (AvgIpc) is 2.78. The van der Waals surface area contributed by atoms with Gasteiger partial charge in [0, 0.05) is 33.2 Å². The Morgan fingerprint density at radius 1 is 1.35 bits per heavy atom. The van der Waals surface area contributed by atoms with Gasteiger partial charge in [-0.1, -0.05) is 12.1 Å². The monoisotopic (exact) mass is 392 g/mol. The number of rotatable bonds is 5. The Morgan fingerprint density at radius 3 is 2.65 bits per heavy atom. The highest BCUT2D eigenvalue weighted by Crippen LogP contribution is 2.05. The van der Waals surface area contributed by atoms with Crippen molar-refractivity contribution < 1.29 is 4.39 Å². The van der Waals surface area contributed by atoms with E-state index in [0.717, 1.165) is 44.2 Å². The summed E-state index contributed by atoms with van der Waals surface area (Å²) < 4.78 is 12.8. The topological polar surface area (TPSA) is 30.9 Å². The van der Waals surface area contributed by atoms with Crippen LogP contribution in [-0.4, -0.2) is 56.0 Å². The molecule has 0 aliphatic carbocycles. The number of aliphatic imine (C=N–C) groups is 1. The molecule has 0 unspecified atom stereocenters. The molecule has 112 valence electrons. The maximum atomic E-state index is 12.8. The summed E-state index contributed by atoms with van der Waals surface area (Å²) in [5.74, 6) is 0.797. The van der Waals surface area contributed by atoms with E-state index in [0.29, 0.717) is 0 Å². The highest BCUT2D eigenvalue weighted by Gasteiger charge is 2.11. The second-order valence-electron chi connectivity index (χ2n) is 4.92. The average molecular weight is 392 g/mol. The number of likely N-dealkylation sites (N-methyl/N-ethyl adjacent to an activating group) is 2. The molecule has 0 atom stereocenters. The summed E-state index contributed by atoms with van der Waals surface area (Å²) in [6.07, 6.45) is 0. The third-order valence-corrected chi connectivity index (χ3v) is 3.20. The first-order chi connectivity index (χ1) is 9.15. The first-order valence-corrected chi connectivity index (χ1v) is 6.57. The van der Waals surface area contributed by atoms with Crippen LogP contribution in [0.2, 0.25) is 0 Å². The molecule has 6 heteroatoms. The van der Waals surface area contributed by atoms with E-state index in [1.165, 1.54) is 12.1 Å². The summed E-state index contributed by atoms with van der Waals surface area (Å²) in [5.41, 5.74) is 1.12. The van der Waals surface area contributed by atoms with Crippen LogP contribution in [0.4, 0.5) is 4.39 Å². The lowest BCUT2D eigenvalue weighted by atomic mass is 10.2. The summed E-state index contributed by atoms with van der Waals surface area (Å²) in [6, 6.07) is 6.66. The maximum absolute atomic E-state index is 12.8. The van der Waals surface area contributed by atoms with Gasteiger partial charge >= 0.3 is 0 Å². The number of guanidine groups is 1. The molecule has 0 radical (unpaired) electrons. The molecule has 1 N–H and O–H groups in total. The summed E-state index contributed by atoms with van der Waals surface area (Å²) in [7, 11) is 4.10. The zero-order valence-electron chi connectivity index (χ0n) is 12.0. The van der Waals surface area contributed by atoms with Crippen LogP contribution in [0.3, 0.4) is 0 Å². The summed E-state index contributed by atoms with van der Waals surface area (Å²) in [6.45, 7) is 4.48. The first kappa shape index (κ1) is 17.2. The van der Waals surface area contributed by atoms with Gasteiger partial charge in [0.2, 0.25) is 0 Å². The van der Waals surface area contributed by atoms with Crippen molar-refractivity contribution in [3.63, 3.8) is 0 Å². The van der Waals surface area contributed by atoms with Gasteiger partial charge in [-0.3, -0.25) is 4.99 Å². The Hall–Kier alpha value is -0.890. The number of hydrogen-bond donors (Lipinski definition) is 1. The Kier molecular flexibility index (Phi) is 7.22. The third kappa shape index (κ3) is 5.24. The molecule has 1 heterocycles. The molecule has 1 aliphatic heterocycles. The van der Waals surface area contributed by atoms with Crippen molar-refractivity contribution in [1.29, 1.82) is 0 Å². The van der Waals surface area contributed by atoms with Crippen molar-refractivity contribution in [2.75, 3.05) is 40.3 Å². The van der Waals surface area contributed by atoms with E-state index in [9.17, 15) is 4.39 Å². The summed E-state index contributed by atoms with van der Waals surface area (Å²) in [5, 5.41) is 3.33. The van der Waals surface area contributed by atoms with Gasteiger partial charge in [-0.15, -0.1) is 24.0 Å². The van der Waals surface area contributed by atoms with Crippen molar-refractivity contribution >= 4 is 29.9 Å². The SMILES string of the molecule is CN(CCNC1=NCCN1C)Cc1ccc(F)cc1.I. The van der Waals surface area contributed by atoms with Crippen LogP contribution in [-0.2, 0) is 6.54 Å². The van der Waals surface area contributed by atoms with Crippen molar-refractivity contribution in [2.24, 2.45) is 4.99 Å². The normalized spacial score (nSPS) is 14.2. The van der Waals surface area contributed by atoms with E-state index in [2.05, 4.69) is 27.2 Å². The van der Waals surface area contributed by atoms with Crippen LogP contribution in [0.25, 0.3) is 0 Å². The molecule has 2 rings (SSSR count). The van der Waals surface area contributed by atoms with E-state index in [1.54, 1.807) is 0 Å². The standard InChI is InChI=1S/C14H21FN4.HI/c1-18(11-12-3-5-13(15)6-4-12)9-7-16-14-17-8-10-19(14)2;/h3-6H,7-11H2,1-2H3,(H,16,17);1H. The largest absolute Gasteiger partial charge is 0.355 e. The van der Waals surface area contributed by atoms with E-state index in [4.69, 9.17) is 0 Å². The highest BCUT2D eigenvalue weighted by atomic mass is 127. The fourth-order valence-electron chi connectivity index (χ4n) is 2.06. The molecule has 4 nitrogen and oxygen atoms in total. The Bertz CT molecular complexity index is 435. The zero-order valence-corrected chi connectivity index (χ0v) is 14.3. The second kappa shape index (κ2) is 8.41. The summed E-state index contributed by atoms with van der Waals surface area (Å²) in [4.78, 5) is 8.71. The lowest BCUT2D eigenvalue weighted by molar-refractivity contribution is 0.329. The van der Waals surface area contributed by atoms with Crippen LogP contribution < -0.4 is 5.32 Å². The van der Waals surface area contributed by atoms with Crippen LogP contribution in [0.5, 0.6) is 0 Å². The van der Waals surface area contributed by atoms with Gasteiger partial charge in [-0.25, -0.2) is 4.39 Å². The van der Waals surface area contributed by atoms with E-state index < -0.39 is 0 Å². The van der Waals surface area contributed by atoms with Crippen LogP contribution in [0.15, 0.2) is 29.3 Å². The molecule has 1 aromatic carbocycles. The number of nitrogens with zero attached hydrogens (tertiary/aromatic N) is 3. The molecular formula is C14H22FIN4. The minimum absolute atomic E-state index is 0. The van der Waals surface area contributed by atoms with Crippen molar-refractivity contribution in [3.8, 4) is 0 Å². The molecule has 1 aromatic rings.